The molecule has 1 aliphatic heterocycles. The van der Waals surface area contributed by atoms with Crippen molar-refractivity contribution in [3.05, 3.63) is 41.5 Å². The third-order valence-corrected chi connectivity index (χ3v) is 7.00. The molecule has 27 heavy (non-hydrogen) atoms. The Morgan fingerprint density at radius 3 is 2.56 bits per heavy atom. The summed E-state index contributed by atoms with van der Waals surface area (Å²) in [6.07, 6.45) is 2.17. The fourth-order valence-electron chi connectivity index (χ4n) is 3.23. The molecular formula is C17H20F2N4O3S. The third-order valence-electron chi connectivity index (χ3n) is 5.09. The Morgan fingerprint density at radius 1 is 1.19 bits per heavy atom. The molecule has 7 nitrogen and oxygen atoms in total. The summed E-state index contributed by atoms with van der Waals surface area (Å²) < 4.78 is 59.1. The average molecular weight is 398 g/mol. The van der Waals surface area contributed by atoms with Crippen LogP contribution >= 0.6 is 0 Å². The van der Waals surface area contributed by atoms with Crippen LogP contribution in [0.15, 0.2) is 27.6 Å². The maximum atomic E-state index is 13.9. The van der Waals surface area contributed by atoms with Gasteiger partial charge in [0.1, 0.15) is 16.5 Å². The molecule has 1 unspecified atom stereocenters. The number of rotatable bonds is 5. The van der Waals surface area contributed by atoms with Gasteiger partial charge >= 0.3 is 0 Å². The molecule has 1 atom stereocenters. The lowest BCUT2D eigenvalue weighted by Crippen LogP contribution is -2.49. The fourth-order valence-corrected chi connectivity index (χ4v) is 4.72. The summed E-state index contributed by atoms with van der Waals surface area (Å²) in [5.41, 5.74) is 0. The van der Waals surface area contributed by atoms with Crippen molar-refractivity contribution in [2.75, 3.05) is 26.2 Å². The highest BCUT2D eigenvalue weighted by Gasteiger charge is 2.34. The van der Waals surface area contributed by atoms with Gasteiger partial charge in [-0.25, -0.2) is 17.2 Å². The molecule has 1 saturated heterocycles. The van der Waals surface area contributed by atoms with Crippen LogP contribution < -0.4 is 0 Å². The Balaban J connectivity index is 1.44. The summed E-state index contributed by atoms with van der Waals surface area (Å²) >= 11 is 0. The van der Waals surface area contributed by atoms with Gasteiger partial charge in [-0.1, -0.05) is 5.16 Å². The SMILES string of the molecule is CC(c1nc(C2CC2)no1)N1CCN(S(=O)(=O)c2cc(F)ccc2F)CC1. The summed E-state index contributed by atoms with van der Waals surface area (Å²) in [5, 5.41) is 4.01. The number of halogens is 2. The van der Waals surface area contributed by atoms with Gasteiger partial charge in [0.15, 0.2) is 5.82 Å². The second-order valence-electron chi connectivity index (χ2n) is 6.96. The van der Waals surface area contributed by atoms with Crippen molar-refractivity contribution < 1.29 is 21.7 Å². The van der Waals surface area contributed by atoms with Crippen LogP contribution in [0.1, 0.15) is 43.4 Å². The fraction of sp³-hybridized carbons (Fsp3) is 0.529. The van der Waals surface area contributed by atoms with E-state index < -0.39 is 26.6 Å². The highest BCUT2D eigenvalue weighted by atomic mass is 32.2. The van der Waals surface area contributed by atoms with Crippen molar-refractivity contribution in [1.29, 1.82) is 0 Å². The zero-order valence-corrected chi connectivity index (χ0v) is 15.6. The zero-order valence-electron chi connectivity index (χ0n) is 14.8. The molecule has 2 aromatic rings. The number of nitrogens with zero attached hydrogens (tertiary/aromatic N) is 4. The minimum absolute atomic E-state index is 0.138. The summed E-state index contributed by atoms with van der Waals surface area (Å²) in [4.78, 5) is 5.85. The van der Waals surface area contributed by atoms with Crippen LogP contribution in [-0.4, -0.2) is 53.9 Å². The lowest BCUT2D eigenvalue weighted by molar-refractivity contribution is 0.124. The van der Waals surface area contributed by atoms with Crippen LogP contribution in [0.2, 0.25) is 0 Å². The predicted molar refractivity (Wildman–Crippen MR) is 91.4 cm³/mol. The molecule has 0 bridgehead atoms. The molecule has 4 rings (SSSR count). The first-order valence-corrected chi connectivity index (χ1v) is 10.3. The second-order valence-corrected chi connectivity index (χ2v) is 8.86. The normalized spacial score (nSPS) is 20.7. The van der Waals surface area contributed by atoms with Gasteiger partial charge in [-0.3, -0.25) is 4.90 Å². The average Bonchev–Trinajstić information content (AvgIpc) is 3.40. The van der Waals surface area contributed by atoms with E-state index in [4.69, 9.17) is 4.52 Å². The Kier molecular flexibility index (Phi) is 4.73. The van der Waals surface area contributed by atoms with E-state index in [0.29, 0.717) is 24.9 Å². The van der Waals surface area contributed by atoms with Crippen molar-refractivity contribution >= 4 is 10.0 Å². The van der Waals surface area contributed by atoms with Crippen LogP contribution in [0.25, 0.3) is 0 Å². The smallest absolute Gasteiger partial charge is 0.246 e. The maximum absolute atomic E-state index is 13.9. The molecular weight excluding hydrogens is 378 g/mol. The molecule has 0 amide bonds. The highest BCUT2D eigenvalue weighted by Crippen LogP contribution is 2.38. The molecule has 1 aromatic heterocycles. The molecule has 1 aliphatic carbocycles. The molecule has 146 valence electrons. The molecule has 10 heteroatoms. The number of benzene rings is 1. The van der Waals surface area contributed by atoms with Gasteiger partial charge in [-0.05, 0) is 38.0 Å². The van der Waals surface area contributed by atoms with Crippen LogP contribution in [0, 0.1) is 11.6 Å². The summed E-state index contributed by atoms with van der Waals surface area (Å²) in [7, 11) is -4.09. The molecule has 0 spiro atoms. The molecule has 1 aromatic carbocycles. The molecule has 2 fully saturated rings. The van der Waals surface area contributed by atoms with Crippen LogP contribution in [-0.2, 0) is 10.0 Å². The van der Waals surface area contributed by atoms with E-state index in [1.807, 2.05) is 11.8 Å². The number of hydrogen-bond donors (Lipinski definition) is 0. The Labute approximate surface area is 156 Å². The van der Waals surface area contributed by atoms with Gasteiger partial charge in [0.05, 0.1) is 6.04 Å². The predicted octanol–water partition coefficient (Wildman–Crippen LogP) is 2.29. The van der Waals surface area contributed by atoms with Gasteiger partial charge in [0.25, 0.3) is 0 Å². The van der Waals surface area contributed by atoms with Crippen LogP contribution in [0.3, 0.4) is 0 Å². The van der Waals surface area contributed by atoms with Gasteiger partial charge in [0, 0.05) is 32.1 Å². The van der Waals surface area contributed by atoms with E-state index in [0.717, 1.165) is 36.9 Å². The number of sulfonamides is 1. The molecule has 1 saturated carbocycles. The van der Waals surface area contributed by atoms with E-state index in [1.54, 1.807) is 0 Å². The molecule has 0 N–H and O–H groups in total. The minimum Gasteiger partial charge on any atom is -0.338 e. The van der Waals surface area contributed by atoms with Crippen molar-refractivity contribution in [1.82, 2.24) is 19.3 Å². The first-order chi connectivity index (χ1) is 12.9. The molecule has 0 radical (unpaired) electrons. The van der Waals surface area contributed by atoms with E-state index >= 15 is 0 Å². The lowest BCUT2D eigenvalue weighted by Gasteiger charge is -2.36. The van der Waals surface area contributed by atoms with Gasteiger partial charge in [-0.2, -0.15) is 9.29 Å². The van der Waals surface area contributed by atoms with Gasteiger partial charge < -0.3 is 4.52 Å². The Morgan fingerprint density at radius 2 is 1.89 bits per heavy atom. The van der Waals surface area contributed by atoms with Crippen molar-refractivity contribution in [3.63, 3.8) is 0 Å². The second kappa shape index (κ2) is 6.92. The van der Waals surface area contributed by atoms with Crippen LogP contribution in [0.4, 0.5) is 8.78 Å². The number of hydrogen-bond acceptors (Lipinski definition) is 6. The first-order valence-electron chi connectivity index (χ1n) is 8.89. The minimum atomic E-state index is -4.09. The Hall–Kier alpha value is -1.91. The van der Waals surface area contributed by atoms with E-state index in [2.05, 4.69) is 10.1 Å². The highest BCUT2D eigenvalue weighted by molar-refractivity contribution is 7.89. The summed E-state index contributed by atoms with van der Waals surface area (Å²) in [6, 6.07) is 2.31. The standard InChI is InChI=1S/C17H20F2N4O3S/c1-11(17-20-16(21-26-17)12-2-3-12)22-6-8-23(9-7-22)27(24,25)15-10-13(18)4-5-14(15)19/h4-5,10-12H,2-3,6-9H2,1H3. The third kappa shape index (κ3) is 3.61. The van der Waals surface area contributed by atoms with Crippen molar-refractivity contribution in [2.45, 2.75) is 36.6 Å². The maximum Gasteiger partial charge on any atom is 0.246 e. The monoisotopic (exact) mass is 398 g/mol. The number of aromatic nitrogens is 2. The number of piperazine rings is 1. The zero-order chi connectivity index (χ0) is 19.2. The van der Waals surface area contributed by atoms with Crippen molar-refractivity contribution in [3.8, 4) is 0 Å². The van der Waals surface area contributed by atoms with E-state index in [9.17, 15) is 17.2 Å². The van der Waals surface area contributed by atoms with Gasteiger partial charge in [0.2, 0.25) is 15.9 Å². The topological polar surface area (TPSA) is 79.5 Å². The summed E-state index contributed by atoms with van der Waals surface area (Å²) in [6.45, 7) is 3.13. The van der Waals surface area contributed by atoms with Crippen LogP contribution in [0.5, 0.6) is 0 Å². The first kappa shape index (κ1) is 18.5. The van der Waals surface area contributed by atoms with E-state index in [-0.39, 0.29) is 19.1 Å². The molecule has 2 aliphatic rings. The largest absolute Gasteiger partial charge is 0.338 e. The quantitative estimate of drug-likeness (QED) is 0.769. The van der Waals surface area contributed by atoms with Gasteiger partial charge in [-0.15, -0.1) is 0 Å². The van der Waals surface area contributed by atoms with E-state index in [1.165, 1.54) is 4.31 Å². The lowest BCUT2D eigenvalue weighted by atomic mass is 10.2. The molecule has 2 heterocycles. The summed E-state index contributed by atoms with van der Waals surface area (Å²) in [5.74, 6) is -0.0855. The Bertz CT molecular complexity index is 937. The van der Waals surface area contributed by atoms with Crippen molar-refractivity contribution in [2.24, 2.45) is 0 Å².